The second-order valence-corrected chi connectivity index (χ2v) is 2.50. The number of esters is 1. The monoisotopic (exact) mass is 168 g/mol. The second kappa shape index (κ2) is 4.59. The average molecular weight is 168 g/mol. The molecule has 0 aromatic rings. The molecule has 0 aliphatic carbocycles. The van der Waals surface area contributed by atoms with Crippen LogP contribution in [0.3, 0.4) is 0 Å². The minimum Gasteiger partial charge on any atom is -0.494 e. The molecule has 3 heteroatoms. The number of cyclic esters (lactones) is 1. The lowest BCUT2D eigenvalue weighted by molar-refractivity contribution is -0.135. The van der Waals surface area contributed by atoms with Gasteiger partial charge in [0, 0.05) is 0 Å². The van der Waals surface area contributed by atoms with Gasteiger partial charge < -0.3 is 9.47 Å². The zero-order valence-corrected chi connectivity index (χ0v) is 6.91. The van der Waals surface area contributed by atoms with Gasteiger partial charge >= 0.3 is 5.97 Å². The van der Waals surface area contributed by atoms with Gasteiger partial charge in [-0.1, -0.05) is 6.08 Å². The van der Waals surface area contributed by atoms with E-state index in [1.165, 1.54) is 6.08 Å². The number of rotatable bonds is 5. The number of hydrogen-bond acceptors (Lipinski definition) is 3. The fourth-order valence-corrected chi connectivity index (χ4v) is 0.871. The van der Waals surface area contributed by atoms with Gasteiger partial charge in [-0.3, -0.25) is 0 Å². The quantitative estimate of drug-likeness (QED) is 0.353. The van der Waals surface area contributed by atoms with Crippen LogP contribution in [0.1, 0.15) is 12.8 Å². The van der Waals surface area contributed by atoms with E-state index >= 15 is 0 Å². The summed E-state index contributed by atoms with van der Waals surface area (Å²) < 4.78 is 9.89. The van der Waals surface area contributed by atoms with Crippen molar-refractivity contribution >= 4 is 5.97 Å². The van der Waals surface area contributed by atoms with Crippen molar-refractivity contribution in [3.8, 4) is 0 Å². The highest BCUT2D eigenvalue weighted by molar-refractivity contribution is 5.84. The predicted octanol–water partition coefficient (Wildman–Crippen LogP) is 1.41. The van der Waals surface area contributed by atoms with Crippen LogP contribution >= 0.6 is 0 Å². The highest BCUT2D eigenvalue weighted by atomic mass is 16.6. The molecule has 0 bridgehead atoms. The van der Waals surface area contributed by atoms with Crippen LogP contribution in [0.15, 0.2) is 24.5 Å². The first-order chi connectivity index (χ1) is 5.83. The topological polar surface area (TPSA) is 35.5 Å². The standard InChI is InChI=1S/C9H12O3/c1-2-3-4-5-11-8-6-9(10)12-7-8/h2,6H,1,3-5,7H2. The Hall–Kier alpha value is -1.25. The molecule has 12 heavy (non-hydrogen) atoms. The summed E-state index contributed by atoms with van der Waals surface area (Å²) in [6, 6.07) is 0. The maximum absolute atomic E-state index is 10.5. The summed E-state index contributed by atoms with van der Waals surface area (Å²) in [7, 11) is 0. The molecule has 0 radical (unpaired) electrons. The zero-order valence-electron chi connectivity index (χ0n) is 6.91. The smallest absolute Gasteiger partial charge is 0.334 e. The van der Waals surface area contributed by atoms with Gasteiger partial charge in [-0.15, -0.1) is 6.58 Å². The Bertz CT molecular complexity index is 206. The average Bonchev–Trinajstić information content (AvgIpc) is 2.45. The van der Waals surface area contributed by atoms with E-state index in [1.807, 2.05) is 6.08 Å². The molecule has 66 valence electrons. The largest absolute Gasteiger partial charge is 0.494 e. The normalized spacial score (nSPS) is 15.3. The second-order valence-electron chi connectivity index (χ2n) is 2.50. The lowest BCUT2D eigenvalue weighted by atomic mass is 10.3. The zero-order chi connectivity index (χ0) is 8.81. The van der Waals surface area contributed by atoms with Crippen LogP contribution in [0.5, 0.6) is 0 Å². The van der Waals surface area contributed by atoms with Crippen LogP contribution in [-0.4, -0.2) is 19.2 Å². The summed E-state index contributed by atoms with van der Waals surface area (Å²) in [5.74, 6) is 0.317. The van der Waals surface area contributed by atoms with Crippen LogP contribution in [0.2, 0.25) is 0 Å². The first-order valence-corrected chi connectivity index (χ1v) is 3.94. The first-order valence-electron chi connectivity index (χ1n) is 3.94. The Labute approximate surface area is 71.7 Å². The van der Waals surface area contributed by atoms with Crippen molar-refractivity contribution in [3.05, 3.63) is 24.5 Å². The number of unbranched alkanes of at least 4 members (excludes halogenated alkanes) is 1. The fraction of sp³-hybridized carbons (Fsp3) is 0.444. The predicted molar refractivity (Wildman–Crippen MR) is 44.4 cm³/mol. The molecule has 0 fully saturated rings. The van der Waals surface area contributed by atoms with Gasteiger partial charge in [-0.2, -0.15) is 0 Å². The third kappa shape index (κ3) is 2.78. The highest BCUT2D eigenvalue weighted by Gasteiger charge is 2.13. The first kappa shape index (κ1) is 8.84. The molecule has 1 aliphatic rings. The molecule has 0 saturated heterocycles. The summed E-state index contributed by atoms with van der Waals surface area (Å²) in [6.45, 7) is 4.50. The van der Waals surface area contributed by atoms with Crippen molar-refractivity contribution in [1.82, 2.24) is 0 Å². The minimum absolute atomic E-state index is 0.285. The van der Waals surface area contributed by atoms with E-state index < -0.39 is 0 Å². The third-order valence-electron chi connectivity index (χ3n) is 1.48. The lowest BCUT2D eigenvalue weighted by Gasteiger charge is -2.03. The van der Waals surface area contributed by atoms with Gasteiger partial charge in [-0.05, 0) is 12.8 Å². The molecule has 0 saturated carbocycles. The molecule has 3 nitrogen and oxygen atoms in total. The van der Waals surface area contributed by atoms with Crippen molar-refractivity contribution in [2.75, 3.05) is 13.2 Å². The molecular formula is C9H12O3. The van der Waals surface area contributed by atoms with Crippen molar-refractivity contribution in [2.45, 2.75) is 12.8 Å². The van der Waals surface area contributed by atoms with E-state index in [2.05, 4.69) is 11.3 Å². The highest BCUT2D eigenvalue weighted by Crippen LogP contribution is 2.07. The Morgan fingerprint density at radius 3 is 3.17 bits per heavy atom. The van der Waals surface area contributed by atoms with Gasteiger partial charge in [0.2, 0.25) is 0 Å². The van der Waals surface area contributed by atoms with Crippen LogP contribution in [0, 0.1) is 0 Å². The molecule has 1 rings (SSSR count). The molecule has 1 heterocycles. The minimum atomic E-state index is -0.311. The Balaban J connectivity index is 2.11. The van der Waals surface area contributed by atoms with Gasteiger partial charge in [-0.25, -0.2) is 4.79 Å². The molecule has 0 atom stereocenters. The lowest BCUT2D eigenvalue weighted by Crippen LogP contribution is -1.96. The molecule has 1 aliphatic heterocycles. The van der Waals surface area contributed by atoms with Gasteiger partial charge in [0.05, 0.1) is 12.7 Å². The molecule has 0 aromatic carbocycles. The van der Waals surface area contributed by atoms with Gasteiger partial charge in [0.1, 0.15) is 12.4 Å². The van der Waals surface area contributed by atoms with E-state index in [0.29, 0.717) is 12.4 Å². The Morgan fingerprint density at radius 2 is 2.58 bits per heavy atom. The van der Waals surface area contributed by atoms with Crippen molar-refractivity contribution in [1.29, 1.82) is 0 Å². The van der Waals surface area contributed by atoms with Crippen LogP contribution in [0.25, 0.3) is 0 Å². The SMILES string of the molecule is C=CCCCOC1=CC(=O)OC1. The van der Waals surface area contributed by atoms with Crippen LogP contribution < -0.4 is 0 Å². The number of ether oxygens (including phenoxy) is 2. The van der Waals surface area contributed by atoms with Crippen molar-refractivity contribution in [2.24, 2.45) is 0 Å². The Kier molecular flexibility index (Phi) is 3.38. The third-order valence-corrected chi connectivity index (χ3v) is 1.48. The molecular weight excluding hydrogens is 156 g/mol. The van der Waals surface area contributed by atoms with Crippen molar-refractivity contribution < 1.29 is 14.3 Å². The van der Waals surface area contributed by atoms with Gasteiger partial charge in [0.15, 0.2) is 0 Å². The van der Waals surface area contributed by atoms with Crippen LogP contribution in [0.4, 0.5) is 0 Å². The number of hydrogen-bond donors (Lipinski definition) is 0. The molecule has 0 unspecified atom stereocenters. The fourth-order valence-electron chi connectivity index (χ4n) is 0.871. The molecule has 0 amide bonds. The summed E-state index contributed by atoms with van der Waals surface area (Å²) in [6.07, 6.45) is 5.08. The molecule has 0 spiro atoms. The van der Waals surface area contributed by atoms with Crippen molar-refractivity contribution in [3.63, 3.8) is 0 Å². The summed E-state index contributed by atoms with van der Waals surface area (Å²) in [4.78, 5) is 10.5. The summed E-state index contributed by atoms with van der Waals surface area (Å²) in [5.41, 5.74) is 0. The van der Waals surface area contributed by atoms with E-state index in [4.69, 9.17) is 4.74 Å². The summed E-state index contributed by atoms with van der Waals surface area (Å²) in [5, 5.41) is 0. The van der Waals surface area contributed by atoms with E-state index in [9.17, 15) is 4.79 Å². The molecule has 0 N–H and O–H groups in total. The van der Waals surface area contributed by atoms with Crippen LogP contribution in [-0.2, 0) is 14.3 Å². The van der Waals surface area contributed by atoms with Gasteiger partial charge in [0.25, 0.3) is 0 Å². The van der Waals surface area contributed by atoms with E-state index in [0.717, 1.165) is 12.8 Å². The van der Waals surface area contributed by atoms with E-state index in [1.54, 1.807) is 0 Å². The number of carbonyl (C=O) groups excluding carboxylic acids is 1. The summed E-state index contributed by atoms with van der Waals surface area (Å²) >= 11 is 0. The number of carbonyl (C=O) groups is 1. The van der Waals surface area contributed by atoms with E-state index in [-0.39, 0.29) is 12.6 Å². The number of allylic oxidation sites excluding steroid dienone is 1. The maximum atomic E-state index is 10.5. The maximum Gasteiger partial charge on any atom is 0.334 e. The Morgan fingerprint density at radius 1 is 1.75 bits per heavy atom. The molecule has 0 aromatic heterocycles.